The number of benzene rings is 3. The SMILES string of the molecule is COc1ccc(NC(=O)c2cc3cc(N(C)S(=O)(=O)c4ccc(Br)cc4)ccc3s2)c(OC)c1. The summed E-state index contributed by atoms with van der Waals surface area (Å²) in [5.41, 5.74) is 1.02. The summed E-state index contributed by atoms with van der Waals surface area (Å²) in [4.78, 5) is 13.6. The summed E-state index contributed by atoms with van der Waals surface area (Å²) in [6, 6.07) is 18.6. The number of fused-ring (bicyclic) bond motifs is 1. The van der Waals surface area contributed by atoms with Gasteiger partial charge >= 0.3 is 0 Å². The molecular formula is C24H21BrN2O5S2. The zero-order valence-corrected chi connectivity index (χ0v) is 21.8. The van der Waals surface area contributed by atoms with Gasteiger partial charge in [-0.05, 0) is 66.0 Å². The summed E-state index contributed by atoms with van der Waals surface area (Å²) in [7, 11) is 0.853. The number of hydrogen-bond donors (Lipinski definition) is 1. The fourth-order valence-electron chi connectivity index (χ4n) is 3.33. The summed E-state index contributed by atoms with van der Waals surface area (Å²) >= 11 is 4.64. The van der Waals surface area contributed by atoms with Crippen LogP contribution in [0.5, 0.6) is 11.5 Å². The van der Waals surface area contributed by atoms with E-state index in [1.165, 1.54) is 29.8 Å². The average molecular weight is 561 g/mol. The van der Waals surface area contributed by atoms with Crippen molar-refractivity contribution in [2.75, 3.05) is 30.9 Å². The minimum atomic E-state index is -3.73. The molecule has 0 fully saturated rings. The van der Waals surface area contributed by atoms with Crippen molar-refractivity contribution in [1.82, 2.24) is 0 Å². The van der Waals surface area contributed by atoms with Crippen molar-refractivity contribution in [1.29, 1.82) is 0 Å². The third-order valence-corrected chi connectivity index (χ3v) is 8.66. The van der Waals surface area contributed by atoms with Crippen LogP contribution in [0.15, 0.2) is 76.1 Å². The number of carbonyl (C=O) groups is 1. The number of halogens is 1. The van der Waals surface area contributed by atoms with Crippen LogP contribution in [-0.4, -0.2) is 35.6 Å². The number of hydrogen-bond acceptors (Lipinski definition) is 6. The van der Waals surface area contributed by atoms with E-state index >= 15 is 0 Å². The van der Waals surface area contributed by atoms with Gasteiger partial charge in [-0.2, -0.15) is 0 Å². The Bertz CT molecular complexity index is 1470. The standard InChI is InChI=1S/C24H21BrN2O5S2/c1-27(34(29,30)19-8-4-16(25)5-9-19)17-6-11-22-15(12-17)13-23(33-22)24(28)26-20-10-7-18(31-2)14-21(20)32-3/h4-14H,1-3H3,(H,26,28). The monoisotopic (exact) mass is 560 g/mol. The van der Waals surface area contributed by atoms with Crippen LogP contribution in [0.25, 0.3) is 10.1 Å². The minimum Gasteiger partial charge on any atom is -0.497 e. The number of anilines is 2. The zero-order valence-electron chi connectivity index (χ0n) is 18.5. The molecule has 34 heavy (non-hydrogen) atoms. The third-order valence-electron chi connectivity index (χ3n) is 5.22. The van der Waals surface area contributed by atoms with Gasteiger partial charge in [-0.25, -0.2) is 8.42 Å². The highest BCUT2D eigenvalue weighted by molar-refractivity contribution is 9.10. The minimum absolute atomic E-state index is 0.192. The van der Waals surface area contributed by atoms with Gasteiger partial charge in [0.15, 0.2) is 0 Å². The van der Waals surface area contributed by atoms with Crippen LogP contribution in [0, 0.1) is 0 Å². The molecule has 0 aliphatic rings. The van der Waals surface area contributed by atoms with Gasteiger partial charge in [0.05, 0.1) is 35.4 Å². The van der Waals surface area contributed by atoms with Gasteiger partial charge in [-0.3, -0.25) is 9.10 Å². The lowest BCUT2D eigenvalue weighted by atomic mass is 10.2. The second kappa shape index (κ2) is 9.65. The van der Waals surface area contributed by atoms with E-state index in [0.717, 1.165) is 14.6 Å². The molecule has 4 aromatic rings. The molecule has 1 N–H and O–H groups in total. The largest absolute Gasteiger partial charge is 0.497 e. The van der Waals surface area contributed by atoms with Gasteiger partial charge in [0.1, 0.15) is 11.5 Å². The first kappa shape index (κ1) is 24.1. The molecule has 0 atom stereocenters. The number of sulfonamides is 1. The lowest BCUT2D eigenvalue weighted by molar-refractivity contribution is 0.103. The summed E-state index contributed by atoms with van der Waals surface area (Å²) in [6.45, 7) is 0. The van der Waals surface area contributed by atoms with E-state index in [9.17, 15) is 13.2 Å². The Kier molecular flexibility index (Phi) is 6.83. The number of carbonyl (C=O) groups excluding carboxylic acids is 1. The summed E-state index contributed by atoms with van der Waals surface area (Å²) in [6.07, 6.45) is 0. The first-order chi connectivity index (χ1) is 16.2. The topological polar surface area (TPSA) is 84.9 Å². The Morgan fingerprint density at radius 2 is 1.71 bits per heavy atom. The van der Waals surface area contributed by atoms with Crippen LogP contribution < -0.4 is 19.1 Å². The number of ether oxygens (including phenoxy) is 2. The van der Waals surface area contributed by atoms with Gasteiger partial charge in [-0.15, -0.1) is 11.3 Å². The fraction of sp³-hybridized carbons (Fsp3) is 0.125. The lowest BCUT2D eigenvalue weighted by Crippen LogP contribution is -2.26. The molecular weight excluding hydrogens is 540 g/mol. The van der Waals surface area contributed by atoms with Crippen LogP contribution in [0.1, 0.15) is 9.67 Å². The molecule has 0 saturated heterocycles. The molecule has 0 radical (unpaired) electrons. The predicted molar refractivity (Wildman–Crippen MR) is 139 cm³/mol. The molecule has 0 aliphatic carbocycles. The van der Waals surface area contributed by atoms with E-state index in [-0.39, 0.29) is 10.8 Å². The molecule has 0 spiro atoms. The Balaban J connectivity index is 1.60. The van der Waals surface area contributed by atoms with E-state index in [2.05, 4.69) is 21.2 Å². The molecule has 0 aliphatic heterocycles. The van der Waals surface area contributed by atoms with Crippen molar-refractivity contribution in [2.45, 2.75) is 4.90 Å². The van der Waals surface area contributed by atoms with Crippen LogP contribution in [-0.2, 0) is 10.0 Å². The molecule has 0 unspecified atom stereocenters. The highest BCUT2D eigenvalue weighted by Crippen LogP contribution is 2.33. The highest BCUT2D eigenvalue weighted by Gasteiger charge is 2.22. The molecule has 3 aromatic carbocycles. The maximum absolute atomic E-state index is 13.0. The van der Waals surface area contributed by atoms with E-state index in [1.54, 1.807) is 67.8 Å². The highest BCUT2D eigenvalue weighted by atomic mass is 79.9. The summed E-state index contributed by atoms with van der Waals surface area (Å²) in [5, 5.41) is 3.63. The van der Waals surface area contributed by atoms with Crippen molar-refractivity contribution < 1.29 is 22.7 Å². The molecule has 0 saturated carbocycles. The normalized spacial score (nSPS) is 11.3. The van der Waals surface area contributed by atoms with Crippen LogP contribution in [0.2, 0.25) is 0 Å². The Morgan fingerprint density at radius 3 is 2.38 bits per heavy atom. The zero-order chi connectivity index (χ0) is 24.5. The van der Waals surface area contributed by atoms with E-state index < -0.39 is 10.0 Å². The van der Waals surface area contributed by atoms with Gasteiger partial charge in [0.2, 0.25) is 0 Å². The molecule has 4 rings (SSSR count). The first-order valence-corrected chi connectivity index (χ1v) is 13.1. The molecule has 10 heteroatoms. The summed E-state index contributed by atoms with van der Waals surface area (Å²) in [5.74, 6) is 0.810. The molecule has 1 heterocycles. The second-order valence-electron chi connectivity index (χ2n) is 7.28. The molecule has 1 aromatic heterocycles. The quantitative estimate of drug-likeness (QED) is 0.310. The van der Waals surface area contributed by atoms with Crippen molar-refractivity contribution in [3.8, 4) is 11.5 Å². The molecule has 1 amide bonds. The van der Waals surface area contributed by atoms with E-state index in [1.807, 2.05) is 6.07 Å². The summed E-state index contributed by atoms with van der Waals surface area (Å²) < 4.78 is 39.5. The smallest absolute Gasteiger partial charge is 0.265 e. The Labute approximate surface area is 210 Å². The number of methoxy groups -OCH3 is 2. The van der Waals surface area contributed by atoms with E-state index in [0.29, 0.717) is 27.8 Å². The second-order valence-corrected chi connectivity index (χ2v) is 11.2. The van der Waals surface area contributed by atoms with Crippen molar-refractivity contribution in [3.05, 3.63) is 76.1 Å². The Hall–Kier alpha value is -3.08. The average Bonchev–Trinajstić information content (AvgIpc) is 3.27. The fourth-order valence-corrected chi connectivity index (χ4v) is 5.72. The number of amides is 1. The first-order valence-electron chi connectivity index (χ1n) is 10.0. The number of thiophene rings is 1. The van der Waals surface area contributed by atoms with Gasteiger partial charge < -0.3 is 14.8 Å². The van der Waals surface area contributed by atoms with Crippen molar-refractivity contribution in [3.63, 3.8) is 0 Å². The Morgan fingerprint density at radius 1 is 0.971 bits per heavy atom. The predicted octanol–water partition coefficient (Wildman–Crippen LogP) is 5.76. The van der Waals surface area contributed by atoms with Gasteiger partial charge in [0, 0.05) is 22.3 Å². The van der Waals surface area contributed by atoms with Gasteiger partial charge in [0.25, 0.3) is 15.9 Å². The number of rotatable bonds is 7. The van der Waals surface area contributed by atoms with Crippen LogP contribution in [0.3, 0.4) is 0 Å². The van der Waals surface area contributed by atoms with Crippen LogP contribution >= 0.6 is 27.3 Å². The molecule has 0 bridgehead atoms. The van der Waals surface area contributed by atoms with E-state index in [4.69, 9.17) is 9.47 Å². The molecule has 7 nitrogen and oxygen atoms in total. The van der Waals surface area contributed by atoms with Crippen LogP contribution in [0.4, 0.5) is 11.4 Å². The van der Waals surface area contributed by atoms with Gasteiger partial charge in [-0.1, -0.05) is 15.9 Å². The molecule has 176 valence electrons. The maximum Gasteiger partial charge on any atom is 0.265 e. The van der Waals surface area contributed by atoms with Crippen molar-refractivity contribution in [2.24, 2.45) is 0 Å². The number of nitrogens with one attached hydrogen (secondary N) is 1. The maximum atomic E-state index is 13.0. The lowest BCUT2D eigenvalue weighted by Gasteiger charge is -2.19. The number of nitrogens with zero attached hydrogens (tertiary/aromatic N) is 1. The van der Waals surface area contributed by atoms with Crippen molar-refractivity contribution >= 4 is 64.7 Å². The third kappa shape index (κ3) is 4.75.